The molecule has 2 rings (SSSR count). The highest BCUT2D eigenvalue weighted by molar-refractivity contribution is 5.89. The van der Waals surface area contributed by atoms with E-state index in [4.69, 9.17) is 11.0 Å². The number of hydrogen-bond acceptors (Lipinski definition) is 3. The van der Waals surface area contributed by atoms with Crippen molar-refractivity contribution in [3.8, 4) is 6.07 Å². The third-order valence-electron chi connectivity index (χ3n) is 1.97. The molecule has 0 spiro atoms. The molecule has 0 saturated carbocycles. The zero-order chi connectivity index (χ0) is 9.26. The van der Waals surface area contributed by atoms with Gasteiger partial charge in [-0.2, -0.15) is 5.26 Å². The summed E-state index contributed by atoms with van der Waals surface area (Å²) >= 11 is 0. The lowest BCUT2D eigenvalue weighted by Gasteiger charge is -1.98. The summed E-state index contributed by atoms with van der Waals surface area (Å²) in [7, 11) is 0. The Morgan fingerprint density at radius 1 is 1.54 bits per heavy atom. The molecule has 0 aliphatic rings. The fourth-order valence-electron chi connectivity index (χ4n) is 1.34. The molecular weight excluding hydrogens is 164 g/mol. The van der Waals surface area contributed by atoms with Crippen LogP contribution >= 0.6 is 0 Å². The number of hydrogen-bond donors (Lipinski definition) is 2. The third-order valence-corrected chi connectivity index (χ3v) is 1.97. The second-order valence-electron chi connectivity index (χ2n) is 2.77. The van der Waals surface area contributed by atoms with Crippen molar-refractivity contribution in [1.29, 1.82) is 5.26 Å². The molecule has 0 saturated heterocycles. The van der Waals surface area contributed by atoms with E-state index in [-0.39, 0.29) is 0 Å². The smallest absolute Gasteiger partial charge is 0.0946 e. The summed E-state index contributed by atoms with van der Waals surface area (Å²) in [6.07, 6.45) is 1.95. The van der Waals surface area contributed by atoms with E-state index in [0.717, 1.165) is 16.6 Å². The van der Waals surface area contributed by atoms with E-state index in [1.807, 2.05) is 6.07 Å². The number of rotatable bonds is 1. The Labute approximate surface area is 75.0 Å². The molecule has 0 radical (unpaired) electrons. The highest BCUT2D eigenvalue weighted by Gasteiger charge is 2.05. The molecule has 13 heavy (non-hydrogen) atoms. The molecule has 64 valence electrons. The largest absolute Gasteiger partial charge is 0.397 e. The Morgan fingerprint density at radius 3 is 3.15 bits per heavy atom. The molecule has 1 aromatic heterocycles. The summed E-state index contributed by atoms with van der Waals surface area (Å²) in [5.74, 6) is 0. The van der Waals surface area contributed by atoms with Crippen molar-refractivity contribution in [1.82, 2.24) is 9.97 Å². The molecule has 1 aromatic carbocycles. The molecule has 0 atom stereocenters. The maximum Gasteiger partial charge on any atom is 0.0946 e. The number of H-pyrrole nitrogens is 1. The first-order chi connectivity index (χ1) is 6.33. The predicted octanol–water partition coefficient (Wildman–Crippen LogP) is 1.21. The van der Waals surface area contributed by atoms with Crippen molar-refractivity contribution in [3.63, 3.8) is 0 Å². The zero-order valence-corrected chi connectivity index (χ0v) is 6.91. The monoisotopic (exact) mass is 172 g/mol. The molecule has 0 aliphatic heterocycles. The molecule has 4 heteroatoms. The van der Waals surface area contributed by atoms with Gasteiger partial charge in [0.1, 0.15) is 0 Å². The molecule has 0 bridgehead atoms. The normalized spacial score (nSPS) is 10.1. The van der Waals surface area contributed by atoms with Gasteiger partial charge in [-0.05, 0) is 11.6 Å². The van der Waals surface area contributed by atoms with Crippen LogP contribution in [0.2, 0.25) is 0 Å². The van der Waals surface area contributed by atoms with Crippen molar-refractivity contribution >= 4 is 16.7 Å². The highest BCUT2D eigenvalue weighted by Crippen LogP contribution is 2.20. The van der Waals surface area contributed by atoms with E-state index in [0.29, 0.717) is 12.1 Å². The Bertz CT molecular complexity index is 478. The summed E-state index contributed by atoms with van der Waals surface area (Å²) in [5.41, 5.74) is 8.89. The fourth-order valence-corrected chi connectivity index (χ4v) is 1.34. The molecule has 2 aromatic rings. The van der Waals surface area contributed by atoms with Gasteiger partial charge in [0.25, 0.3) is 0 Å². The lowest BCUT2D eigenvalue weighted by molar-refractivity contribution is 1.27. The predicted molar refractivity (Wildman–Crippen MR) is 49.8 cm³/mol. The SMILES string of the molecule is N#CCc1ccc(N)c2[nH]cnc12. The number of nitrogen functional groups attached to an aromatic ring is 1. The standard InChI is InChI=1S/C9H8N4/c10-4-3-6-1-2-7(11)9-8(6)12-5-13-9/h1-2,5H,3,11H2,(H,12,13). The van der Waals surface area contributed by atoms with Crippen LogP contribution in [0.25, 0.3) is 11.0 Å². The molecule has 0 aliphatic carbocycles. The number of fused-ring (bicyclic) bond motifs is 1. The maximum atomic E-state index is 8.57. The Morgan fingerprint density at radius 2 is 2.38 bits per heavy atom. The van der Waals surface area contributed by atoms with E-state index >= 15 is 0 Å². The summed E-state index contributed by atoms with van der Waals surface area (Å²) in [4.78, 5) is 7.05. The number of nitrogens with two attached hydrogens (primary N) is 1. The first kappa shape index (κ1) is 7.62. The molecule has 1 heterocycles. The van der Waals surface area contributed by atoms with Gasteiger partial charge in [0, 0.05) is 0 Å². The van der Waals surface area contributed by atoms with Crippen LogP contribution in [0.15, 0.2) is 18.5 Å². The number of aromatic amines is 1. The Hall–Kier alpha value is -2.02. The quantitative estimate of drug-likeness (QED) is 0.634. The van der Waals surface area contributed by atoms with E-state index in [1.165, 1.54) is 0 Å². The van der Waals surface area contributed by atoms with E-state index in [2.05, 4.69) is 16.0 Å². The molecule has 0 unspecified atom stereocenters. The van der Waals surface area contributed by atoms with Crippen molar-refractivity contribution < 1.29 is 0 Å². The molecule has 4 nitrogen and oxygen atoms in total. The molecular formula is C9H8N4. The maximum absolute atomic E-state index is 8.57. The van der Waals surface area contributed by atoms with Gasteiger partial charge in [0.2, 0.25) is 0 Å². The minimum absolute atomic E-state index is 0.363. The van der Waals surface area contributed by atoms with Crippen molar-refractivity contribution in [2.24, 2.45) is 0 Å². The molecule has 0 fully saturated rings. The van der Waals surface area contributed by atoms with Gasteiger partial charge in [0.05, 0.1) is 35.5 Å². The topological polar surface area (TPSA) is 78.5 Å². The zero-order valence-electron chi connectivity index (χ0n) is 6.91. The average molecular weight is 172 g/mol. The minimum Gasteiger partial charge on any atom is -0.397 e. The average Bonchev–Trinajstić information content (AvgIpc) is 2.59. The second kappa shape index (κ2) is 2.79. The van der Waals surface area contributed by atoms with Crippen LogP contribution in [0.5, 0.6) is 0 Å². The van der Waals surface area contributed by atoms with Gasteiger partial charge in [-0.1, -0.05) is 6.07 Å². The second-order valence-corrected chi connectivity index (χ2v) is 2.77. The Balaban J connectivity index is 2.72. The van der Waals surface area contributed by atoms with Gasteiger partial charge >= 0.3 is 0 Å². The van der Waals surface area contributed by atoms with Gasteiger partial charge < -0.3 is 10.7 Å². The van der Waals surface area contributed by atoms with Crippen molar-refractivity contribution in [2.75, 3.05) is 5.73 Å². The van der Waals surface area contributed by atoms with Crippen LogP contribution in [-0.2, 0) is 6.42 Å². The van der Waals surface area contributed by atoms with Crippen molar-refractivity contribution in [2.45, 2.75) is 6.42 Å². The van der Waals surface area contributed by atoms with Gasteiger partial charge in [0.15, 0.2) is 0 Å². The summed E-state index contributed by atoms with van der Waals surface area (Å²) in [5, 5.41) is 8.57. The lowest BCUT2D eigenvalue weighted by atomic mass is 10.1. The van der Waals surface area contributed by atoms with Crippen LogP contribution in [0.3, 0.4) is 0 Å². The first-order valence-corrected chi connectivity index (χ1v) is 3.90. The van der Waals surface area contributed by atoms with Crippen LogP contribution in [0, 0.1) is 11.3 Å². The number of aromatic nitrogens is 2. The number of nitrogens with one attached hydrogen (secondary N) is 1. The Kier molecular flexibility index (Phi) is 1.64. The highest BCUT2D eigenvalue weighted by atomic mass is 14.9. The van der Waals surface area contributed by atoms with E-state index < -0.39 is 0 Å². The van der Waals surface area contributed by atoms with Crippen LogP contribution in [0.4, 0.5) is 5.69 Å². The minimum atomic E-state index is 0.363. The third kappa shape index (κ3) is 1.11. The number of imidazole rings is 1. The number of nitrogens with zero attached hydrogens (tertiary/aromatic N) is 2. The van der Waals surface area contributed by atoms with E-state index in [9.17, 15) is 0 Å². The summed E-state index contributed by atoms with van der Waals surface area (Å²) in [6.45, 7) is 0. The van der Waals surface area contributed by atoms with Gasteiger partial charge in [-0.25, -0.2) is 4.98 Å². The fraction of sp³-hybridized carbons (Fsp3) is 0.111. The van der Waals surface area contributed by atoms with Gasteiger partial charge in [-0.15, -0.1) is 0 Å². The van der Waals surface area contributed by atoms with E-state index in [1.54, 1.807) is 12.4 Å². The number of nitriles is 1. The summed E-state index contributed by atoms with van der Waals surface area (Å²) in [6, 6.07) is 5.71. The summed E-state index contributed by atoms with van der Waals surface area (Å²) < 4.78 is 0. The van der Waals surface area contributed by atoms with Crippen LogP contribution in [0.1, 0.15) is 5.56 Å². The lowest BCUT2D eigenvalue weighted by Crippen LogP contribution is -1.90. The number of anilines is 1. The number of benzene rings is 1. The van der Waals surface area contributed by atoms with Crippen LogP contribution < -0.4 is 5.73 Å². The van der Waals surface area contributed by atoms with Crippen LogP contribution in [-0.4, -0.2) is 9.97 Å². The molecule has 0 amide bonds. The van der Waals surface area contributed by atoms with Gasteiger partial charge in [-0.3, -0.25) is 0 Å². The van der Waals surface area contributed by atoms with Crippen molar-refractivity contribution in [3.05, 3.63) is 24.0 Å². The first-order valence-electron chi connectivity index (χ1n) is 3.90. The molecule has 3 N–H and O–H groups in total.